The van der Waals surface area contributed by atoms with Gasteiger partial charge >= 0.3 is 29.8 Å². The lowest BCUT2D eigenvalue weighted by atomic mass is 9.98. The molecule has 0 aromatic rings. The van der Waals surface area contributed by atoms with Crippen LogP contribution >= 0.6 is 0 Å². The average Bonchev–Trinajstić information content (AvgIpc) is 3.10. The molecule has 2 aliphatic heterocycles. The Bertz CT molecular complexity index is 901. The quantitative estimate of drug-likeness (QED) is 0.143. The third-order valence-corrected chi connectivity index (χ3v) is 4.95. The van der Waals surface area contributed by atoms with Crippen molar-refractivity contribution in [3.63, 3.8) is 0 Å². The molecule has 206 valence electrons. The Labute approximate surface area is 211 Å². The Balaban J connectivity index is 2.11. The van der Waals surface area contributed by atoms with E-state index in [4.69, 9.17) is 33.3 Å². The summed E-state index contributed by atoms with van der Waals surface area (Å²) in [6.45, 7) is 3.82. The maximum absolute atomic E-state index is 12.0. The summed E-state index contributed by atoms with van der Waals surface area (Å²) in [5.41, 5.74) is 0. The van der Waals surface area contributed by atoms with Gasteiger partial charge in [0.2, 0.25) is 0 Å². The van der Waals surface area contributed by atoms with Crippen LogP contribution in [0.3, 0.4) is 0 Å². The Morgan fingerprint density at radius 2 is 1.35 bits per heavy atom. The lowest BCUT2D eigenvalue weighted by molar-refractivity contribution is -0.308. The molecule has 5 atom stereocenters. The van der Waals surface area contributed by atoms with E-state index in [9.17, 15) is 33.6 Å². The molecule has 0 N–H and O–H groups in total. The van der Waals surface area contributed by atoms with Crippen molar-refractivity contribution in [3.8, 4) is 0 Å². The van der Waals surface area contributed by atoms with E-state index < -0.39 is 79.0 Å². The van der Waals surface area contributed by atoms with Crippen molar-refractivity contribution in [1.29, 1.82) is 0 Å². The van der Waals surface area contributed by atoms with Crippen molar-refractivity contribution >= 4 is 41.7 Å². The zero-order valence-corrected chi connectivity index (χ0v) is 20.8. The number of ether oxygens (including phenoxy) is 6. The molecule has 2 rings (SSSR count). The molecular formula is C22H29NO14. The molecule has 0 unspecified atom stereocenters. The highest BCUT2D eigenvalue weighted by Gasteiger charge is 2.52. The van der Waals surface area contributed by atoms with Crippen LogP contribution in [0.1, 0.15) is 53.4 Å². The second kappa shape index (κ2) is 13.6. The highest BCUT2D eigenvalue weighted by atomic mass is 16.7. The zero-order valence-electron chi connectivity index (χ0n) is 20.8. The van der Waals surface area contributed by atoms with Crippen molar-refractivity contribution in [3.05, 3.63) is 0 Å². The first-order valence-corrected chi connectivity index (χ1v) is 11.4. The molecule has 15 nitrogen and oxygen atoms in total. The number of nitrogens with zero attached hydrogens (tertiary/aromatic N) is 1. The second-order valence-electron chi connectivity index (χ2n) is 8.09. The molecule has 2 fully saturated rings. The summed E-state index contributed by atoms with van der Waals surface area (Å²) >= 11 is 0. The number of carbonyl (C=O) groups excluding carboxylic acids is 7. The van der Waals surface area contributed by atoms with Crippen molar-refractivity contribution in [1.82, 2.24) is 5.06 Å². The first-order valence-electron chi connectivity index (χ1n) is 11.4. The molecule has 15 heteroatoms. The van der Waals surface area contributed by atoms with E-state index in [1.165, 1.54) is 0 Å². The van der Waals surface area contributed by atoms with E-state index >= 15 is 0 Å². The number of esters is 4. The van der Waals surface area contributed by atoms with Gasteiger partial charge in [-0.2, -0.15) is 0 Å². The van der Waals surface area contributed by atoms with Gasteiger partial charge in [-0.05, 0) is 6.42 Å². The standard InChI is InChI=1S/C22H29NO14/c1-11(24)32-10-15-19(33-12(2)25)20(34-13(3)26)21(35-14(4)27)22(36-15)31-9-5-6-18(30)37-23-16(28)7-8-17(23)29/h15,19-22H,5-10H2,1-4H3/t15-,19-,20+,21+,22+/m1/s1. The number of carbonyl (C=O) groups is 7. The van der Waals surface area contributed by atoms with Crippen LogP contribution in [-0.2, 0) is 66.8 Å². The van der Waals surface area contributed by atoms with Crippen LogP contribution in [0.4, 0.5) is 0 Å². The summed E-state index contributed by atoms with van der Waals surface area (Å²) in [7, 11) is 0. The van der Waals surface area contributed by atoms with Crippen molar-refractivity contribution < 1.29 is 66.8 Å². The van der Waals surface area contributed by atoms with E-state index in [2.05, 4.69) is 0 Å². The summed E-state index contributed by atoms with van der Waals surface area (Å²) in [4.78, 5) is 86.5. The van der Waals surface area contributed by atoms with Gasteiger partial charge in [-0.1, -0.05) is 0 Å². The summed E-state index contributed by atoms with van der Waals surface area (Å²) in [6.07, 6.45) is -6.98. The van der Waals surface area contributed by atoms with Gasteiger partial charge in [-0.15, -0.1) is 5.06 Å². The molecule has 0 aliphatic carbocycles. The summed E-state index contributed by atoms with van der Waals surface area (Å²) in [5, 5.41) is 0.419. The average molecular weight is 531 g/mol. The van der Waals surface area contributed by atoms with Gasteiger partial charge in [-0.25, -0.2) is 4.79 Å². The smallest absolute Gasteiger partial charge is 0.333 e. The molecule has 2 heterocycles. The predicted molar refractivity (Wildman–Crippen MR) is 114 cm³/mol. The third-order valence-electron chi connectivity index (χ3n) is 4.95. The Kier molecular flexibility index (Phi) is 10.9. The summed E-state index contributed by atoms with van der Waals surface area (Å²) < 4.78 is 32.2. The van der Waals surface area contributed by atoms with Crippen LogP contribution in [0.15, 0.2) is 0 Å². The second-order valence-corrected chi connectivity index (χ2v) is 8.09. The Morgan fingerprint density at radius 1 is 0.811 bits per heavy atom. The minimum absolute atomic E-state index is 0.0297. The van der Waals surface area contributed by atoms with Gasteiger partial charge in [-0.3, -0.25) is 28.8 Å². The van der Waals surface area contributed by atoms with Gasteiger partial charge < -0.3 is 33.3 Å². The molecule has 0 bridgehead atoms. The van der Waals surface area contributed by atoms with Crippen LogP contribution in [0, 0.1) is 0 Å². The van der Waals surface area contributed by atoms with E-state index in [1.807, 2.05) is 0 Å². The monoisotopic (exact) mass is 531 g/mol. The largest absolute Gasteiger partial charge is 0.463 e. The minimum atomic E-state index is -1.40. The number of hydrogen-bond acceptors (Lipinski definition) is 14. The van der Waals surface area contributed by atoms with Crippen molar-refractivity contribution in [2.24, 2.45) is 0 Å². The van der Waals surface area contributed by atoms with Crippen molar-refractivity contribution in [2.45, 2.75) is 84.1 Å². The van der Waals surface area contributed by atoms with Crippen LogP contribution in [0.2, 0.25) is 0 Å². The topological polar surface area (TPSA) is 187 Å². The molecule has 37 heavy (non-hydrogen) atoms. The van der Waals surface area contributed by atoms with E-state index in [0.717, 1.165) is 27.7 Å². The fraction of sp³-hybridized carbons (Fsp3) is 0.682. The van der Waals surface area contributed by atoms with E-state index in [1.54, 1.807) is 0 Å². The predicted octanol–water partition coefficient (Wildman–Crippen LogP) is -0.526. The number of hydroxylamine groups is 2. The Morgan fingerprint density at radius 3 is 1.89 bits per heavy atom. The molecule has 0 spiro atoms. The van der Waals surface area contributed by atoms with Crippen LogP contribution in [0.5, 0.6) is 0 Å². The Hall–Kier alpha value is -3.59. The number of hydrogen-bond donors (Lipinski definition) is 0. The molecule has 0 aromatic heterocycles. The number of amides is 2. The number of rotatable bonds is 11. The van der Waals surface area contributed by atoms with Gasteiger partial charge in [0.05, 0.1) is 13.0 Å². The molecular weight excluding hydrogens is 502 g/mol. The minimum Gasteiger partial charge on any atom is -0.463 e. The van der Waals surface area contributed by atoms with Gasteiger partial charge in [0.15, 0.2) is 24.6 Å². The lowest BCUT2D eigenvalue weighted by Crippen LogP contribution is -2.63. The number of imide groups is 1. The van der Waals surface area contributed by atoms with E-state index in [0.29, 0.717) is 5.06 Å². The molecule has 2 aliphatic rings. The summed E-state index contributed by atoms with van der Waals surface area (Å²) in [6, 6.07) is 0. The first kappa shape index (κ1) is 29.6. The molecule has 0 saturated carbocycles. The van der Waals surface area contributed by atoms with Gasteiger partial charge in [0, 0.05) is 40.5 Å². The van der Waals surface area contributed by atoms with Crippen molar-refractivity contribution in [2.75, 3.05) is 13.2 Å². The maximum Gasteiger partial charge on any atom is 0.333 e. The fourth-order valence-electron chi connectivity index (χ4n) is 3.54. The van der Waals surface area contributed by atoms with Crippen LogP contribution in [-0.4, -0.2) is 90.6 Å². The highest BCUT2D eigenvalue weighted by molar-refractivity contribution is 6.01. The van der Waals surface area contributed by atoms with Crippen LogP contribution < -0.4 is 0 Å². The highest BCUT2D eigenvalue weighted by Crippen LogP contribution is 2.30. The van der Waals surface area contributed by atoms with Gasteiger partial charge in [0.25, 0.3) is 11.8 Å². The fourth-order valence-corrected chi connectivity index (χ4v) is 3.54. The van der Waals surface area contributed by atoms with E-state index in [-0.39, 0.29) is 32.3 Å². The molecule has 2 saturated heterocycles. The SMILES string of the molecule is CC(=O)OC[C@H]1O[C@H](OCCCC(=O)ON2C(=O)CCC2=O)[C@@H](OC(C)=O)[C@@H](OC(C)=O)[C@@H]1OC(C)=O. The maximum atomic E-state index is 12.0. The molecule has 0 radical (unpaired) electrons. The zero-order chi connectivity index (χ0) is 27.7. The van der Waals surface area contributed by atoms with Crippen LogP contribution in [0.25, 0.3) is 0 Å². The lowest BCUT2D eigenvalue weighted by Gasteiger charge is -2.44. The first-order chi connectivity index (χ1) is 17.4. The summed E-state index contributed by atoms with van der Waals surface area (Å²) in [5.74, 6) is -5.11. The molecule has 2 amide bonds. The normalized spacial score (nSPS) is 25.3. The van der Waals surface area contributed by atoms with Gasteiger partial charge in [0.1, 0.15) is 12.7 Å². The third kappa shape index (κ3) is 9.09. The molecule has 0 aromatic carbocycles.